The van der Waals surface area contributed by atoms with E-state index in [1.54, 1.807) is 10.6 Å². The number of para-hydroxylation sites is 2. The lowest BCUT2D eigenvalue weighted by atomic mass is 9.75. The number of rotatable bonds is 2. The standard InChI is InChI=1S/C31H28N4O3/c1-16(2)26-24-25(29(38)34(28(24)37)19-14-13-17(3)18(4)15-19)31(33-26)21-10-6-8-12-23(21)35-27(36)20-9-5-7-11-22(20)32-30(31)35/h5-16,24-26,33H,1-4H3. The van der Waals surface area contributed by atoms with Crippen molar-refractivity contribution in [3.8, 4) is 5.69 Å². The summed E-state index contributed by atoms with van der Waals surface area (Å²) in [6, 6.07) is 20.4. The monoisotopic (exact) mass is 504 g/mol. The molecular weight excluding hydrogens is 476 g/mol. The number of anilines is 1. The topological polar surface area (TPSA) is 84.3 Å². The van der Waals surface area contributed by atoms with Crippen molar-refractivity contribution in [3.63, 3.8) is 0 Å². The average Bonchev–Trinajstić information content (AvgIpc) is 3.50. The third-order valence-electron chi connectivity index (χ3n) is 8.76. The van der Waals surface area contributed by atoms with E-state index in [4.69, 9.17) is 4.98 Å². The van der Waals surface area contributed by atoms with Crippen molar-refractivity contribution in [1.29, 1.82) is 0 Å². The van der Waals surface area contributed by atoms with Gasteiger partial charge in [0.15, 0.2) is 0 Å². The van der Waals surface area contributed by atoms with E-state index in [-0.39, 0.29) is 29.3 Å². The van der Waals surface area contributed by atoms with E-state index < -0.39 is 17.4 Å². The Morgan fingerprint density at radius 3 is 2.39 bits per heavy atom. The van der Waals surface area contributed by atoms with Crippen LogP contribution in [0.15, 0.2) is 71.5 Å². The third kappa shape index (κ3) is 2.72. The van der Waals surface area contributed by atoms with Crippen LogP contribution in [0.3, 0.4) is 0 Å². The maximum absolute atomic E-state index is 14.4. The molecule has 1 spiro atoms. The van der Waals surface area contributed by atoms with E-state index in [1.807, 2.05) is 74.5 Å². The van der Waals surface area contributed by atoms with Crippen molar-refractivity contribution in [2.75, 3.05) is 4.90 Å². The Morgan fingerprint density at radius 2 is 1.63 bits per heavy atom. The minimum absolute atomic E-state index is 0.0618. The zero-order valence-corrected chi connectivity index (χ0v) is 21.7. The van der Waals surface area contributed by atoms with Crippen molar-refractivity contribution in [1.82, 2.24) is 14.9 Å². The minimum Gasteiger partial charge on any atom is -0.296 e. The average molecular weight is 505 g/mol. The van der Waals surface area contributed by atoms with E-state index in [2.05, 4.69) is 19.2 Å². The van der Waals surface area contributed by atoms with E-state index in [0.29, 0.717) is 28.1 Å². The molecule has 3 aromatic carbocycles. The van der Waals surface area contributed by atoms with Crippen LogP contribution in [0.1, 0.15) is 36.4 Å². The van der Waals surface area contributed by atoms with Gasteiger partial charge in [-0.15, -0.1) is 0 Å². The fraction of sp³-hybridized carbons (Fsp3) is 0.290. The van der Waals surface area contributed by atoms with Crippen LogP contribution in [0, 0.1) is 31.6 Å². The van der Waals surface area contributed by atoms with Gasteiger partial charge in [-0.2, -0.15) is 0 Å². The molecule has 4 unspecified atom stereocenters. The Bertz CT molecular complexity index is 1760. The predicted molar refractivity (Wildman–Crippen MR) is 145 cm³/mol. The van der Waals surface area contributed by atoms with Gasteiger partial charge in [-0.25, -0.2) is 9.88 Å². The number of amides is 2. The SMILES string of the molecule is Cc1ccc(N2C(=O)C3C(C(C)C)NC4(c5ccccc5-n5c4nc4ccccc4c5=O)C3C2=O)cc1C. The number of aryl methyl sites for hydroxylation is 2. The summed E-state index contributed by atoms with van der Waals surface area (Å²) in [5, 5.41) is 4.25. The van der Waals surface area contributed by atoms with Crippen LogP contribution in [-0.4, -0.2) is 27.4 Å². The summed E-state index contributed by atoms with van der Waals surface area (Å²) in [6.07, 6.45) is 0. The first kappa shape index (κ1) is 23.0. The number of carbonyl (C=O) groups excluding carboxylic acids is 2. The van der Waals surface area contributed by atoms with Crippen molar-refractivity contribution >= 4 is 28.4 Å². The molecule has 0 saturated carbocycles. The maximum Gasteiger partial charge on any atom is 0.266 e. The first-order valence-electron chi connectivity index (χ1n) is 13.1. The third-order valence-corrected chi connectivity index (χ3v) is 8.76. The maximum atomic E-state index is 14.4. The summed E-state index contributed by atoms with van der Waals surface area (Å²) in [5.41, 5.74) is 3.50. The van der Waals surface area contributed by atoms with Gasteiger partial charge in [-0.1, -0.05) is 50.2 Å². The first-order valence-corrected chi connectivity index (χ1v) is 13.1. The molecule has 1 N–H and O–H groups in total. The summed E-state index contributed by atoms with van der Waals surface area (Å²) in [7, 11) is 0. The molecule has 0 aliphatic carbocycles. The van der Waals surface area contributed by atoms with E-state index in [0.717, 1.165) is 16.7 Å². The van der Waals surface area contributed by atoms with Gasteiger partial charge in [0.05, 0.1) is 34.1 Å². The number of hydrogen-bond acceptors (Lipinski definition) is 5. The molecule has 0 radical (unpaired) electrons. The fourth-order valence-electron chi connectivity index (χ4n) is 6.84. The van der Waals surface area contributed by atoms with Crippen LogP contribution in [0.25, 0.3) is 16.6 Å². The van der Waals surface area contributed by atoms with Crippen LogP contribution in [0.5, 0.6) is 0 Å². The van der Waals surface area contributed by atoms with Crippen molar-refractivity contribution < 1.29 is 9.59 Å². The number of fused-ring (bicyclic) bond motifs is 8. The highest BCUT2D eigenvalue weighted by molar-refractivity contribution is 6.23. The van der Waals surface area contributed by atoms with E-state index >= 15 is 0 Å². The summed E-state index contributed by atoms with van der Waals surface area (Å²) >= 11 is 0. The number of nitrogens with zero attached hydrogens (tertiary/aromatic N) is 3. The van der Waals surface area contributed by atoms with Gasteiger partial charge in [0.1, 0.15) is 11.4 Å². The fourth-order valence-corrected chi connectivity index (χ4v) is 6.84. The molecule has 4 aromatic rings. The Labute approximate surface area is 220 Å². The molecule has 3 aliphatic heterocycles. The Morgan fingerprint density at radius 1 is 0.895 bits per heavy atom. The van der Waals surface area contributed by atoms with E-state index in [9.17, 15) is 14.4 Å². The second-order valence-corrected chi connectivity index (χ2v) is 11.1. The quantitative estimate of drug-likeness (QED) is 0.418. The highest BCUT2D eigenvalue weighted by Gasteiger charge is 2.70. The second kappa shape index (κ2) is 7.71. The highest BCUT2D eigenvalue weighted by Crippen LogP contribution is 2.56. The smallest absolute Gasteiger partial charge is 0.266 e. The molecule has 0 bridgehead atoms. The first-order chi connectivity index (χ1) is 18.3. The molecule has 2 amide bonds. The van der Waals surface area contributed by atoms with Gasteiger partial charge < -0.3 is 0 Å². The number of carbonyl (C=O) groups is 2. The van der Waals surface area contributed by atoms with Crippen LogP contribution >= 0.6 is 0 Å². The largest absolute Gasteiger partial charge is 0.296 e. The van der Waals surface area contributed by atoms with Crippen LogP contribution in [0.4, 0.5) is 5.69 Å². The van der Waals surface area contributed by atoms with Gasteiger partial charge in [0, 0.05) is 11.6 Å². The zero-order valence-electron chi connectivity index (χ0n) is 21.7. The normalized spacial score (nSPS) is 25.5. The van der Waals surface area contributed by atoms with Crippen LogP contribution in [-0.2, 0) is 15.1 Å². The zero-order chi connectivity index (χ0) is 26.5. The number of benzene rings is 3. The summed E-state index contributed by atoms with van der Waals surface area (Å²) < 4.78 is 1.64. The van der Waals surface area contributed by atoms with Gasteiger partial charge in [0.2, 0.25) is 11.8 Å². The molecule has 2 fully saturated rings. The molecule has 38 heavy (non-hydrogen) atoms. The lowest BCUT2D eigenvalue weighted by Gasteiger charge is -2.32. The lowest BCUT2D eigenvalue weighted by Crippen LogP contribution is -2.51. The van der Waals surface area contributed by atoms with Crippen molar-refractivity contribution in [3.05, 3.63) is 99.6 Å². The summed E-state index contributed by atoms with van der Waals surface area (Å²) in [4.78, 5) is 48.8. The van der Waals surface area contributed by atoms with E-state index in [1.165, 1.54) is 4.90 Å². The lowest BCUT2D eigenvalue weighted by molar-refractivity contribution is -0.123. The molecule has 1 aromatic heterocycles. The minimum atomic E-state index is -1.11. The van der Waals surface area contributed by atoms with Gasteiger partial charge in [-0.05, 0) is 61.2 Å². The molecule has 4 heterocycles. The summed E-state index contributed by atoms with van der Waals surface area (Å²) in [5.74, 6) is -1.26. The molecule has 190 valence electrons. The molecule has 7 rings (SSSR count). The molecular formula is C31H28N4O3. The van der Waals surface area contributed by atoms with Crippen molar-refractivity contribution in [2.45, 2.75) is 39.3 Å². The molecule has 4 atom stereocenters. The number of imide groups is 1. The van der Waals surface area contributed by atoms with Gasteiger partial charge in [0.25, 0.3) is 5.56 Å². The van der Waals surface area contributed by atoms with Crippen LogP contribution in [0.2, 0.25) is 0 Å². The molecule has 3 aliphatic rings. The molecule has 2 saturated heterocycles. The Balaban J connectivity index is 1.53. The Kier molecular flexibility index (Phi) is 4.68. The number of aromatic nitrogens is 2. The Hall–Kier alpha value is -4.10. The second-order valence-electron chi connectivity index (χ2n) is 11.1. The predicted octanol–water partition coefficient (Wildman–Crippen LogP) is 3.99. The van der Waals surface area contributed by atoms with Crippen LogP contribution < -0.4 is 15.8 Å². The number of hydrogen-bond donors (Lipinski definition) is 1. The van der Waals surface area contributed by atoms with Gasteiger partial charge in [-0.3, -0.25) is 24.3 Å². The van der Waals surface area contributed by atoms with Gasteiger partial charge >= 0.3 is 0 Å². The number of nitrogens with one attached hydrogen (secondary N) is 1. The molecule has 7 heteroatoms. The molecule has 7 nitrogen and oxygen atoms in total. The van der Waals surface area contributed by atoms with Crippen molar-refractivity contribution in [2.24, 2.45) is 17.8 Å². The summed E-state index contributed by atoms with van der Waals surface area (Å²) in [6.45, 7) is 8.11. The highest BCUT2D eigenvalue weighted by atomic mass is 16.2.